The van der Waals surface area contributed by atoms with Crippen molar-refractivity contribution in [3.8, 4) is 34.5 Å². The van der Waals surface area contributed by atoms with Gasteiger partial charge in [0.25, 0.3) is 0 Å². The summed E-state index contributed by atoms with van der Waals surface area (Å²) in [6.45, 7) is 0.453. The van der Waals surface area contributed by atoms with Crippen LogP contribution in [-0.4, -0.2) is 61.3 Å². The van der Waals surface area contributed by atoms with E-state index in [1.165, 1.54) is 38.8 Å². The number of nitrogens with zero attached hydrogens (tertiary/aromatic N) is 4. The van der Waals surface area contributed by atoms with E-state index in [9.17, 15) is 20.4 Å². The molecule has 0 spiro atoms. The zero-order valence-corrected chi connectivity index (χ0v) is 31.9. The molecule has 0 fully saturated rings. The van der Waals surface area contributed by atoms with Gasteiger partial charge in [-0.3, -0.25) is 9.98 Å². The number of aliphatic hydroxyl groups is 2. The van der Waals surface area contributed by atoms with E-state index in [0.29, 0.717) is 33.8 Å². The average molecular weight is 1020 g/mol. The van der Waals surface area contributed by atoms with Crippen molar-refractivity contribution in [1.82, 2.24) is 0 Å². The predicted molar refractivity (Wildman–Crippen MR) is 176 cm³/mol. The number of aliphatic imine (C=N–C) groups is 2. The molecular formula is C32H34Dy2N4O14. The fourth-order valence-corrected chi connectivity index (χ4v) is 3.35. The predicted octanol–water partition coefficient (Wildman–Crippen LogP) is 1.66. The minimum absolute atomic E-state index is 0. The van der Waals surface area contributed by atoms with Crippen LogP contribution in [0.1, 0.15) is 22.3 Å². The first-order valence-corrected chi connectivity index (χ1v) is 13.6. The first-order valence-electron chi connectivity index (χ1n) is 13.6. The summed E-state index contributed by atoms with van der Waals surface area (Å²) in [6, 6.07) is 23.3. The summed E-state index contributed by atoms with van der Waals surface area (Å²) in [7, 11) is 4.91. The van der Waals surface area contributed by atoms with Crippen LogP contribution in [0.5, 0.6) is 34.5 Å². The Labute approximate surface area is 359 Å². The molecule has 0 bridgehead atoms. The smallest absolute Gasteiger partial charge is 0.872 e. The van der Waals surface area contributed by atoms with Gasteiger partial charge in [0.15, 0.2) is 0 Å². The summed E-state index contributed by atoms with van der Waals surface area (Å²) in [6.07, 6.45) is 2.97. The largest absolute Gasteiger partial charge is 3.00 e. The number of hydrogen-bond acceptors (Lipinski definition) is 16. The maximum atomic E-state index is 11.8. The summed E-state index contributed by atoms with van der Waals surface area (Å²) in [5.74, 6) is 0.0995. The molecule has 4 aromatic rings. The molecule has 0 amide bonds. The normalized spacial score (nSPS) is 9.04. The third-order valence-corrected chi connectivity index (χ3v) is 5.38. The summed E-state index contributed by atoms with van der Waals surface area (Å²) in [4.78, 5) is 24.8. The van der Waals surface area contributed by atoms with E-state index >= 15 is 0 Å². The molecule has 0 saturated heterocycles. The van der Waals surface area contributed by atoms with Gasteiger partial charge in [0, 0.05) is 26.6 Å². The number of para-hydroxylation sites is 4. The van der Waals surface area contributed by atoms with Crippen LogP contribution in [-0.2, 0) is 13.1 Å². The van der Waals surface area contributed by atoms with Crippen molar-refractivity contribution >= 4 is 12.4 Å². The quantitative estimate of drug-likeness (QED) is 0.144. The molecule has 0 aliphatic rings. The zero-order valence-electron chi connectivity index (χ0n) is 27.9. The van der Waals surface area contributed by atoms with E-state index in [1.54, 1.807) is 72.8 Å². The van der Waals surface area contributed by atoms with E-state index in [1.807, 2.05) is 0 Å². The van der Waals surface area contributed by atoms with Crippen molar-refractivity contribution in [2.24, 2.45) is 9.98 Å². The maximum Gasteiger partial charge on any atom is 3.00 e. The van der Waals surface area contributed by atoms with Gasteiger partial charge in [0.05, 0.1) is 37.5 Å². The molecule has 0 unspecified atom stereocenters. The van der Waals surface area contributed by atoms with Gasteiger partial charge >= 0.3 is 76.3 Å². The van der Waals surface area contributed by atoms with Gasteiger partial charge in [-0.25, -0.2) is 0 Å². The van der Waals surface area contributed by atoms with E-state index in [2.05, 4.69) is 9.98 Å². The second kappa shape index (κ2) is 34.0. The van der Waals surface area contributed by atoms with Crippen molar-refractivity contribution in [1.29, 1.82) is 0 Å². The first kappa shape index (κ1) is 54.7. The number of benzene rings is 4. The fraction of sp³-hybridized carbons (Fsp3) is 0.188. The molecule has 4 rings (SSSR count). The minimum Gasteiger partial charge on any atom is -0.872 e. The third-order valence-electron chi connectivity index (χ3n) is 5.38. The molecule has 0 heterocycles. The Morgan fingerprint density at radius 3 is 1.12 bits per heavy atom. The average Bonchev–Trinajstić information content (AvgIpc) is 3.09. The Balaban J connectivity index is -0.000000331. The SMILES string of the molecule is CO.CO.COc1cccc(CN=Cc2ccccc2[O-])c1[O-].COc1cccc(CN=Cc2ccccc2[O-])c1[O-].O=[N+]([O-])[O-].O=[N+]([O-])[O-].[Dy+3].[Dy+3]. The fourth-order valence-electron chi connectivity index (χ4n) is 3.35. The Bertz CT molecular complexity index is 1500. The summed E-state index contributed by atoms with van der Waals surface area (Å²) in [5.41, 5.74) is 2.11. The topological polar surface area (TPSA) is 308 Å². The van der Waals surface area contributed by atoms with E-state index < -0.39 is 10.2 Å². The number of hydrogen-bond donors (Lipinski definition) is 2. The summed E-state index contributed by atoms with van der Waals surface area (Å²) in [5, 5.41) is 90.1. The zero-order chi connectivity index (χ0) is 38.5. The van der Waals surface area contributed by atoms with Gasteiger partial charge < -0.3 is 70.8 Å². The molecule has 52 heavy (non-hydrogen) atoms. The molecule has 2 radical (unpaired) electrons. The molecular weight excluding hydrogens is 989 g/mol. The summed E-state index contributed by atoms with van der Waals surface area (Å²) >= 11 is 0. The number of rotatable bonds is 8. The second-order valence-corrected chi connectivity index (χ2v) is 8.36. The molecule has 0 atom stereocenters. The molecule has 20 heteroatoms. The van der Waals surface area contributed by atoms with Crippen LogP contribution >= 0.6 is 0 Å². The van der Waals surface area contributed by atoms with Crippen molar-refractivity contribution in [2.75, 3.05) is 28.4 Å². The van der Waals surface area contributed by atoms with Crippen LogP contribution in [0.2, 0.25) is 0 Å². The first-order chi connectivity index (χ1) is 23.9. The van der Waals surface area contributed by atoms with Gasteiger partial charge in [-0.2, -0.15) is 0 Å². The molecule has 286 valence electrons. The van der Waals surface area contributed by atoms with Gasteiger partial charge in [-0.05, 0) is 34.4 Å². The van der Waals surface area contributed by atoms with E-state index in [-0.39, 0.29) is 112 Å². The van der Waals surface area contributed by atoms with E-state index in [4.69, 9.17) is 50.3 Å². The number of methoxy groups -OCH3 is 2. The van der Waals surface area contributed by atoms with E-state index in [0.717, 1.165) is 14.2 Å². The van der Waals surface area contributed by atoms with Crippen LogP contribution < -0.4 is 29.9 Å². The van der Waals surface area contributed by atoms with Crippen molar-refractivity contribution in [3.63, 3.8) is 0 Å². The van der Waals surface area contributed by atoms with Crippen LogP contribution in [0, 0.1) is 107 Å². The van der Waals surface area contributed by atoms with Crippen LogP contribution in [0.3, 0.4) is 0 Å². The van der Waals surface area contributed by atoms with Gasteiger partial charge in [-0.1, -0.05) is 84.3 Å². The molecule has 0 aliphatic carbocycles. The number of ether oxygens (including phenoxy) is 2. The molecule has 0 aliphatic heterocycles. The Kier molecular flexibility index (Phi) is 35.7. The van der Waals surface area contributed by atoms with Gasteiger partial charge in [0.2, 0.25) is 0 Å². The molecule has 4 aromatic carbocycles. The van der Waals surface area contributed by atoms with Crippen LogP contribution in [0.4, 0.5) is 0 Å². The van der Waals surface area contributed by atoms with Crippen molar-refractivity contribution in [3.05, 3.63) is 138 Å². The van der Waals surface area contributed by atoms with Crippen molar-refractivity contribution in [2.45, 2.75) is 13.1 Å². The standard InChI is InChI=1S/2C15H15NO3.2CH4O.2Dy.2NO3/c2*1-19-14-8-4-6-12(15(14)18)10-16-9-11-5-2-3-7-13(11)17;2*1-2;;;2*2-1(3)4/h2*2-9,17-18H,10H2,1H3;2*2H,1H3;;;;/q;;;;2*+3;2*-1/p-4. The van der Waals surface area contributed by atoms with Gasteiger partial charge in [-0.15, -0.1) is 11.5 Å². The van der Waals surface area contributed by atoms with Crippen molar-refractivity contribution < 1.29 is 127 Å². The molecule has 18 nitrogen and oxygen atoms in total. The van der Waals surface area contributed by atoms with Gasteiger partial charge in [0.1, 0.15) is 11.5 Å². The number of aliphatic hydroxyl groups excluding tert-OH is 2. The van der Waals surface area contributed by atoms with Crippen LogP contribution in [0.25, 0.3) is 0 Å². The van der Waals surface area contributed by atoms with Crippen LogP contribution in [0.15, 0.2) is 94.9 Å². The monoisotopic (exact) mass is 1030 g/mol. The third kappa shape index (κ3) is 24.1. The minimum atomic E-state index is -1.75. The summed E-state index contributed by atoms with van der Waals surface area (Å²) < 4.78 is 9.91. The molecule has 0 saturated carbocycles. The Hall–Kier alpha value is -4.11. The Morgan fingerprint density at radius 2 is 0.846 bits per heavy atom. The molecule has 2 N–H and O–H groups in total. The maximum absolute atomic E-state index is 11.8. The molecule has 0 aromatic heterocycles. The second-order valence-electron chi connectivity index (χ2n) is 8.36. The Morgan fingerprint density at radius 1 is 0.558 bits per heavy atom.